The van der Waals surface area contributed by atoms with Crippen LogP contribution in [0.1, 0.15) is 12.5 Å². The highest BCUT2D eigenvalue weighted by Crippen LogP contribution is 2.22. The van der Waals surface area contributed by atoms with Crippen molar-refractivity contribution in [3.05, 3.63) is 40.2 Å². The maximum Gasteiger partial charge on any atom is 0.336 e. The highest BCUT2D eigenvalue weighted by molar-refractivity contribution is 5.88. The average molecular weight is 362 g/mol. The normalized spacial score (nSPS) is 11.6. The van der Waals surface area contributed by atoms with Gasteiger partial charge in [0.15, 0.2) is 6.10 Å². The molecule has 3 N–H and O–H groups in total. The van der Waals surface area contributed by atoms with Gasteiger partial charge in [0.05, 0.1) is 6.54 Å². The first-order valence-corrected chi connectivity index (χ1v) is 7.73. The number of carboxylic acid groups (broad SMARTS) is 1. The molecule has 9 nitrogen and oxygen atoms in total. The SMILES string of the molecule is Cc1cc(=O)oc2cc(OC(C)C(=O)NCC(=O)NCC(=O)O)ccc12. The molecule has 0 saturated heterocycles. The molecule has 138 valence electrons. The number of rotatable bonds is 7. The molecule has 1 aromatic heterocycles. The molecule has 1 aromatic carbocycles. The van der Waals surface area contributed by atoms with E-state index in [1.807, 2.05) is 0 Å². The van der Waals surface area contributed by atoms with Crippen molar-refractivity contribution in [1.29, 1.82) is 0 Å². The third kappa shape index (κ3) is 5.07. The van der Waals surface area contributed by atoms with Crippen LogP contribution in [0.15, 0.2) is 33.5 Å². The number of carbonyl (C=O) groups is 3. The minimum Gasteiger partial charge on any atom is -0.481 e. The molecule has 0 saturated carbocycles. The van der Waals surface area contributed by atoms with Gasteiger partial charge in [-0.2, -0.15) is 0 Å². The predicted octanol–water partition coefficient (Wildman–Crippen LogP) is 0.186. The van der Waals surface area contributed by atoms with E-state index in [9.17, 15) is 19.2 Å². The minimum atomic E-state index is -1.18. The monoisotopic (exact) mass is 362 g/mol. The molecule has 1 unspecified atom stereocenters. The number of hydrogen-bond acceptors (Lipinski definition) is 6. The van der Waals surface area contributed by atoms with Gasteiger partial charge < -0.3 is 24.9 Å². The summed E-state index contributed by atoms with van der Waals surface area (Å²) in [7, 11) is 0. The van der Waals surface area contributed by atoms with E-state index in [4.69, 9.17) is 14.3 Å². The number of aryl methyl sites for hydroxylation is 1. The Morgan fingerprint density at radius 1 is 1.19 bits per heavy atom. The second-order valence-corrected chi connectivity index (χ2v) is 5.55. The Morgan fingerprint density at radius 2 is 1.92 bits per heavy atom. The Labute approximate surface area is 147 Å². The van der Waals surface area contributed by atoms with E-state index >= 15 is 0 Å². The van der Waals surface area contributed by atoms with Crippen LogP contribution in [-0.4, -0.2) is 42.1 Å². The summed E-state index contributed by atoms with van der Waals surface area (Å²) in [6.45, 7) is 2.38. The van der Waals surface area contributed by atoms with Gasteiger partial charge >= 0.3 is 11.6 Å². The number of amides is 2. The van der Waals surface area contributed by atoms with Crippen molar-refractivity contribution in [2.24, 2.45) is 0 Å². The van der Waals surface area contributed by atoms with Crippen molar-refractivity contribution in [2.75, 3.05) is 13.1 Å². The van der Waals surface area contributed by atoms with Crippen molar-refractivity contribution in [1.82, 2.24) is 10.6 Å². The lowest BCUT2D eigenvalue weighted by Crippen LogP contribution is -2.43. The number of fused-ring (bicyclic) bond motifs is 1. The predicted molar refractivity (Wildman–Crippen MR) is 91.0 cm³/mol. The highest BCUT2D eigenvalue weighted by Gasteiger charge is 2.16. The molecule has 1 atom stereocenters. The second kappa shape index (κ2) is 8.15. The lowest BCUT2D eigenvalue weighted by molar-refractivity contribution is -0.137. The van der Waals surface area contributed by atoms with Gasteiger partial charge in [-0.05, 0) is 31.5 Å². The molecule has 2 aromatic rings. The number of carboxylic acids is 1. The van der Waals surface area contributed by atoms with Crippen LogP contribution < -0.4 is 21.0 Å². The van der Waals surface area contributed by atoms with Gasteiger partial charge in [0.25, 0.3) is 5.91 Å². The Kier molecular flexibility index (Phi) is 5.94. The van der Waals surface area contributed by atoms with E-state index < -0.39 is 36.1 Å². The number of aliphatic carboxylic acids is 1. The lowest BCUT2D eigenvalue weighted by atomic mass is 10.1. The Bertz CT molecular complexity index is 904. The molecule has 0 bridgehead atoms. The molecular weight excluding hydrogens is 344 g/mol. The summed E-state index contributed by atoms with van der Waals surface area (Å²) in [4.78, 5) is 45.1. The van der Waals surface area contributed by atoms with E-state index in [1.54, 1.807) is 19.1 Å². The molecule has 0 aliphatic rings. The molecule has 0 fully saturated rings. The molecule has 9 heteroatoms. The van der Waals surface area contributed by atoms with Crippen LogP contribution in [0.4, 0.5) is 0 Å². The van der Waals surface area contributed by atoms with Crippen molar-refractivity contribution in [2.45, 2.75) is 20.0 Å². The zero-order valence-corrected chi connectivity index (χ0v) is 14.2. The summed E-state index contributed by atoms with van der Waals surface area (Å²) in [6.07, 6.45) is -0.920. The topological polar surface area (TPSA) is 135 Å². The largest absolute Gasteiger partial charge is 0.481 e. The third-order valence-electron chi connectivity index (χ3n) is 3.46. The van der Waals surface area contributed by atoms with Crippen LogP contribution >= 0.6 is 0 Å². The molecule has 0 spiro atoms. The van der Waals surface area contributed by atoms with E-state index in [-0.39, 0.29) is 6.54 Å². The van der Waals surface area contributed by atoms with Gasteiger partial charge in [-0.25, -0.2) is 4.79 Å². The van der Waals surface area contributed by atoms with Crippen LogP contribution in [0.2, 0.25) is 0 Å². The summed E-state index contributed by atoms with van der Waals surface area (Å²) in [5.41, 5.74) is 0.624. The lowest BCUT2D eigenvalue weighted by Gasteiger charge is -2.15. The fourth-order valence-electron chi connectivity index (χ4n) is 2.18. The molecule has 0 aliphatic heterocycles. The van der Waals surface area contributed by atoms with E-state index in [2.05, 4.69) is 10.6 Å². The Balaban J connectivity index is 1.96. The van der Waals surface area contributed by atoms with E-state index in [0.717, 1.165) is 10.9 Å². The summed E-state index contributed by atoms with van der Waals surface area (Å²) < 4.78 is 10.6. The summed E-state index contributed by atoms with van der Waals surface area (Å²) in [5, 5.41) is 13.7. The highest BCUT2D eigenvalue weighted by atomic mass is 16.5. The van der Waals surface area contributed by atoms with E-state index in [0.29, 0.717) is 11.3 Å². The average Bonchev–Trinajstić information content (AvgIpc) is 2.57. The van der Waals surface area contributed by atoms with Crippen molar-refractivity contribution >= 4 is 28.8 Å². The standard InChI is InChI=1S/C17H18N2O7/c1-9-5-16(23)26-13-6-11(3-4-12(9)13)25-10(2)17(24)19-7-14(20)18-8-15(21)22/h3-6,10H,7-8H2,1-2H3,(H,18,20)(H,19,24)(H,21,22). The maximum atomic E-state index is 12.0. The molecule has 2 amide bonds. The van der Waals surface area contributed by atoms with E-state index in [1.165, 1.54) is 19.1 Å². The summed E-state index contributed by atoms with van der Waals surface area (Å²) in [5.74, 6) is -2.04. The minimum absolute atomic E-state index is 0.323. The zero-order valence-electron chi connectivity index (χ0n) is 14.2. The van der Waals surface area contributed by atoms with Gasteiger partial charge in [-0.1, -0.05) is 0 Å². The number of benzene rings is 1. The molecule has 26 heavy (non-hydrogen) atoms. The first-order valence-electron chi connectivity index (χ1n) is 7.73. The van der Waals surface area contributed by atoms with Crippen LogP contribution in [0, 0.1) is 6.92 Å². The molecular formula is C17H18N2O7. The second-order valence-electron chi connectivity index (χ2n) is 5.55. The molecule has 2 rings (SSSR count). The number of carbonyl (C=O) groups excluding carboxylic acids is 2. The van der Waals surface area contributed by atoms with Crippen molar-refractivity contribution in [3.8, 4) is 5.75 Å². The van der Waals surface area contributed by atoms with Crippen molar-refractivity contribution in [3.63, 3.8) is 0 Å². The first kappa shape index (κ1) is 19.0. The maximum absolute atomic E-state index is 12.0. The Hall–Kier alpha value is -3.36. The fraction of sp³-hybridized carbons (Fsp3) is 0.294. The number of ether oxygens (including phenoxy) is 1. The zero-order chi connectivity index (χ0) is 19.3. The van der Waals surface area contributed by atoms with Crippen molar-refractivity contribution < 1.29 is 28.6 Å². The van der Waals surface area contributed by atoms with Crippen LogP contribution in [0.3, 0.4) is 0 Å². The first-order chi connectivity index (χ1) is 12.3. The number of hydrogen-bond donors (Lipinski definition) is 3. The van der Waals surface area contributed by atoms with Crippen LogP contribution in [0.25, 0.3) is 11.0 Å². The van der Waals surface area contributed by atoms with Gasteiger partial charge in [-0.15, -0.1) is 0 Å². The van der Waals surface area contributed by atoms with Gasteiger partial charge in [-0.3, -0.25) is 14.4 Å². The van der Waals surface area contributed by atoms with Gasteiger partial charge in [0.1, 0.15) is 17.9 Å². The molecule has 0 aliphatic carbocycles. The molecule has 0 radical (unpaired) electrons. The van der Waals surface area contributed by atoms with Crippen LogP contribution in [-0.2, 0) is 14.4 Å². The molecule has 1 heterocycles. The van der Waals surface area contributed by atoms with Crippen LogP contribution in [0.5, 0.6) is 5.75 Å². The summed E-state index contributed by atoms with van der Waals surface area (Å²) >= 11 is 0. The fourth-order valence-corrected chi connectivity index (χ4v) is 2.18. The smallest absolute Gasteiger partial charge is 0.336 e. The third-order valence-corrected chi connectivity index (χ3v) is 3.46. The number of nitrogens with one attached hydrogen (secondary N) is 2. The Morgan fingerprint density at radius 3 is 2.62 bits per heavy atom. The van der Waals surface area contributed by atoms with Gasteiger partial charge in [0, 0.05) is 17.5 Å². The van der Waals surface area contributed by atoms with Gasteiger partial charge in [0.2, 0.25) is 5.91 Å². The quantitative estimate of drug-likeness (QED) is 0.598. The summed E-state index contributed by atoms with van der Waals surface area (Å²) in [6, 6.07) is 6.24.